The maximum Gasteiger partial charge on any atom is 0.240 e. The van der Waals surface area contributed by atoms with E-state index in [9.17, 15) is 18.5 Å². The number of nitrogens with zero attached hydrogens (tertiary/aromatic N) is 3. The average Bonchev–Trinajstić information content (AvgIpc) is 2.73. The monoisotopic (exact) mass is 398 g/mol. The van der Waals surface area contributed by atoms with Gasteiger partial charge in [0.15, 0.2) is 5.78 Å². The molecule has 0 amide bonds. The number of rotatable bonds is 6. The summed E-state index contributed by atoms with van der Waals surface area (Å²) in [5, 5.41) is 9.22. The van der Waals surface area contributed by atoms with E-state index in [1.165, 1.54) is 19.1 Å². The van der Waals surface area contributed by atoms with Gasteiger partial charge in [-0.15, -0.1) is 0 Å². The molecular weight excluding hydrogens is 376 g/mol. The summed E-state index contributed by atoms with van der Waals surface area (Å²) < 4.78 is 27.7. The molecular formula is C20H22N4O3S. The zero-order chi connectivity index (χ0) is 20.1. The summed E-state index contributed by atoms with van der Waals surface area (Å²) in [6.45, 7) is 3.19. The molecule has 2 aromatic rings. The van der Waals surface area contributed by atoms with Crippen molar-refractivity contribution in [3.8, 4) is 6.07 Å². The minimum Gasteiger partial charge on any atom is -0.356 e. The van der Waals surface area contributed by atoms with Gasteiger partial charge in [-0.25, -0.2) is 18.1 Å². The maximum absolute atomic E-state index is 12.5. The van der Waals surface area contributed by atoms with Crippen LogP contribution in [-0.2, 0) is 10.0 Å². The molecule has 146 valence electrons. The van der Waals surface area contributed by atoms with Crippen molar-refractivity contribution in [1.29, 1.82) is 5.26 Å². The summed E-state index contributed by atoms with van der Waals surface area (Å²) in [6.07, 6.45) is 3.28. The van der Waals surface area contributed by atoms with Gasteiger partial charge in [0, 0.05) is 31.4 Å². The van der Waals surface area contributed by atoms with Crippen molar-refractivity contribution in [2.24, 2.45) is 5.92 Å². The van der Waals surface area contributed by atoms with Gasteiger partial charge in [-0.1, -0.05) is 12.1 Å². The number of benzene rings is 1. The quantitative estimate of drug-likeness (QED) is 0.749. The Labute approximate surface area is 165 Å². The first-order valence-electron chi connectivity index (χ1n) is 9.11. The first-order chi connectivity index (χ1) is 13.4. The largest absolute Gasteiger partial charge is 0.356 e. The van der Waals surface area contributed by atoms with Crippen LogP contribution >= 0.6 is 0 Å². The van der Waals surface area contributed by atoms with Crippen molar-refractivity contribution in [2.75, 3.05) is 24.5 Å². The van der Waals surface area contributed by atoms with Crippen LogP contribution in [0.15, 0.2) is 47.5 Å². The van der Waals surface area contributed by atoms with Gasteiger partial charge in [0.2, 0.25) is 10.0 Å². The smallest absolute Gasteiger partial charge is 0.240 e. The second-order valence-corrected chi connectivity index (χ2v) is 8.62. The Morgan fingerprint density at radius 3 is 2.71 bits per heavy atom. The molecule has 1 aromatic heterocycles. The molecule has 0 saturated carbocycles. The molecule has 0 radical (unpaired) electrons. The fourth-order valence-corrected chi connectivity index (χ4v) is 4.44. The maximum atomic E-state index is 12.5. The third-order valence-electron chi connectivity index (χ3n) is 4.93. The van der Waals surface area contributed by atoms with Crippen LogP contribution < -0.4 is 9.62 Å². The van der Waals surface area contributed by atoms with E-state index < -0.39 is 10.0 Å². The van der Waals surface area contributed by atoms with Crippen molar-refractivity contribution >= 4 is 21.6 Å². The van der Waals surface area contributed by atoms with Gasteiger partial charge >= 0.3 is 0 Å². The van der Waals surface area contributed by atoms with Crippen LogP contribution in [0.4, 0.5) is 5.82 Å². The van der Waals surface area contributed by atoms with Crippen molar-refractivity contribution in [1.82, 2.24) is 9.71 Å². The summed E-state index contributed by atoms with van der Waals surface area (Å²) in [5.41, 5.74) is 0.923. The summed E-state index contributed by atoms with van der Waals surface area (Å²) in [5.74, 6) is 0.719. The zero-order valence-electron chi connectivity index (χ0n) is 15.6. The molecule has 1 aliphatic heterocycles. The van der Waals surface area contributed by atoms with Gasteiger partial charge in [0.1, 0.15) is 11.9 Å². The van der Waals surface area contributed by atoms with Crippen LogP contribution in [0.2, 0.25) is 0 Å². The summed E-state index contributed by atoms with van der Waals surface area (Å²) in [6, 6.07) is 11.7. The third kappa shape index (κ3) is 4.55. The Kier molecular flexibility index (Phi) is 6.07. The van der Waals surface area contributed by atoms with E-state index in [2.05, 4.69) is 20.7 Å². The van der Waals surface area contributed by atoms with Gasteiger partial charge in [0.05, 0.1) is 10.5 Å². The van der Waals surface area contributed by atoms with Crippen LogP contribution in [0.25, 0.3) is 0 Å². The number of nitrogens with one attached hydrogen (secondary N) is 1. The van der Waals surface area contributed by atoms with E-state index in [-0.39, 0.29) is 16.6 Å². The number of aromatic nitrogens is 1. The van der Waals surface area contributed by atoms with Gasteiger partial charge < -0.3 is 4.90 Å². The van der Waals surface area contributed by atoms with E-state index in [0.717, 1.165) is 25.9 Å². The molecule has 2 heterocycles. The van der Waals surface area contributed by atoms with Crippen LogP contribution in [0, 0.1) is 17.2 Å². The van der Waals surface area contributed by atoms with E-state index in [1.54, 1.807) is 30.5 Å². The number of pyridine rings is 1. The molecule has 7 nitrogen and oxygen atoms in total. The standard InChI is InChI=1S/C20H22N4O3S/c1-15(25)17-4-2-6-19(12-17)28(26,27)23-14-16-7-10-24(11-8-16)20-18(13-21)5-3-9-22-20/h2-6,9,12,16,23H,7-8,10-11,14H2,1H3. The Morgan fingerprint density at radius 2 is 2.04 bits per heavy atom. The molecule has 0 atom stereocenters. The first-order valence-corrected chi connectivity index (χ1v) is 10.6. The number of nitriles is 1. The highest BCUT2D eigenvalue weighted by molar-refractivity contribution is 7.89. The normalized spacial score (nSPS) is 15.2. The van der Waals surface area contributed by atoms with Crippen molar-refractivity contribution in [3.63, 3.8) is 0 Å². The highest BCUT2D eigenvalue weighted by Crippen LogP contribution is 2.24. The predicted octanol–water partition coefficient (Wildman–Crippen LogP) is 2.35. The minimum atomic E-state index is -3.66. The van der Waals surface area contributed by atoms with Gasteiger partial charge in [-0.3, -0.25) is 4.79 Å². The molecule has 1 aliphatic rings. The molecule has 3 rings (SSSR count). The summed E-state index contributed by atoms with van der Waals surface area (Å²) in [4.78, 5) is 18.0. The Hall–Kier alpha value is -2.76. The molecule has 1 N–H and O–H groups in total. The van der Waals surface area contributed by atoms with Crippen LogP contribution in [0.1, 0.15) is 35.7 Å². The summed E-state index contributed by atoms with van der Waals surface area (Å²) >= 11 is 0. The number of hydrogen-bond acceptors (Lipinski definition) is 6. The van der Waals surface area contributed by atoms with Crippen LogP contribution in [-0.4, -0.2) is 38.8 Å². The van der Waals surface area contributed by atoms with E-state index in [1.807, 2.05) is 0 Å². The SMILES string of the molecule is CC(=O)c1cccc(S(=O)(=O)NCC2CCN(c3ncccc3C#N)CC2)c1. The number of anilines is 1. The number of ketones is 1. The van der Waals surface area contributed by atoms with Crippen molar-refractivity contribution in [3.05, 3.63) is 53.7 Å². The lowest BCUT2D eigenvalue weighted by atomic mass is 9.97. The van der Waals surface area contributed by atoms with Gasteiger partial charge in [0.25, 0.3) is 0 Å². The molecule has 0 unspecified atom stereocenters. The lowest BCUT2D eigenvalue weighted by molar-refractivity contribution is 0.101. The van der Waals surface area contributed by atoms with E-state index >= 15 is 0 Å². The second kappa shape index (κ2) is 8.50. The number of carbonyl (C=O) groups excluding carboxylic acids is 1. The van der Waals surface area contributed by atoms with Gasteiger partial charge in [-0.05, 0) is 49.9 Å². The average molecular weight is 398 g/mol. The Balaban J connectivity index is 1.59. The second-order valence-electron chi connectivity index (χ2n) is 6.85. The Morgan fingerprint density at radius 1 is 1.29 bits per heavy atom. The zero-order valence-corrected chi connectivity index (χ0v) is 16.4. The van der Waals surface area contributed by atoms with E-state index in [4.69, 9.17) is 0 Å². The molecule has 28 heavy (non-hydrogen) atoms. The molecule has 1 saturated heterocycles. The lowest BCUT2D eigenvalue weighted by Gasteiger charge is -2.33. The summed E-state index contributed by atoms with van der Waals surface area (Å²) in [7, 11) is -3.66. The number of Topliss-reactive ketones (excluding diaryl/α,β-unsaturated/α-hetero) is 1. The Bertz CT molecular complexity index is 1010. The van der Waals surface area contributed by atoms with Gasteiger partial charge in [-0.2, -0.15) is 5.26 Å². The molecule has 1 aromatic carbocycles. The number of hydrogen-bond donors (Lipinski definition) is 1. The minimum absolute atomic E-state index is 0.102. The fourth-order valence-electron chi connectivity index (χ4n) is 3.28. The molecule has 0 aliphatic carbocycles. The third-order valence-corrected chi connectivity index (χ3v) is 6.36. The highest BCUT2D eigenvalue weighted by Gasteiger charge is 2.24. The van der Waals surface area contributed by atoms with E-state index in [0.29, 0.717) is 23.5 Å². The van der Waals surface area contributed by atoms with Crippen molar-refractivity contribution in [2.45, 2.75) is 24.7 Å². The van der Waals surface area contributed by atoms with Crippen LogP contribution in [0.5, 0.6) is 0 Å². The van der Waals surface area contributed by atoms with Crippen LogP contribution in [0.3, 0.4) is 0 Å². The molecule has 0 spiro atoms. The topological polar surface area (TPSA) is 103 Å². The first kappa shape index (κ1) is 20.0. The number of piperidine rings is 1. The predicted molar refractivity (Wildman–Crippen MR) is 106 cm³/mol. The molecule has 8 heteroatoms. The lowest BCUT2D eigenvalue weighted by Crippen LogP contribution is -2.39. The number of carbonyl (C=O) groups is 1. The fraction of sp³-hybridized carbons (Fsp3) is 0.350. The molecule has 0 bridgehead atoms. The van der Waals surface area contributed by atoms with Crippen molar-refractivity contribution < 1.29 is 13.2 Å². The molecule has 1 fully saturated rings. The number of sulfonamides is 1. The highest BCUT2D eigenvalue weighted by atomic mass is 32.2.